The van der Waals surface area contributed by atoms with Gasteiger partial charge in [-0.05, 0) is 48.9 Å². The zero-order valence-electron chi connectivity index (χ0n) is 11.5. The first-order chi connectivity index (χ1) is 9.19. The normalized spacial score (nSPS) is 20.7. The first-order valence-corrected chi connectivity index (χ1v) is 6.91. The number of hydrogen-bond donors (Lipinski definition) is 1. The lowest BCUT2D eigenvalue weighted by atomic mass is 9.80. The molecule has 1 amide bonds. The van der Waals surface area contributed by atoms with Crippen LogP contribution in [0, 0.1) is 5.41 Å². The molecule has 0 atom stereocenters. The summed E-state index contributed by atoms with van der Waals surface area (Å²) in [4.78, 5) is 14.4. The summed E-state index contributed by atoms with van der Waals surface area (Å²) in [6, 6.07) is 7.19. The molecule has 2 N–H and O–H groups in total. The minimum Gasteiger partial charge on any atom is -0.399 e. The van der Waals surface area contributed by atoms with Gasteiger partial charge < -0.3 is 15.4 Å². The number of carbonyl (C=O) groups excluding carboxylic acids is 1. The van der Waals surface area contributed by atoms with Gasteiger partial charge in [0.25, 0.3) is 5.91 Å². The van der Waals surface area contributed by atoms with Crippen molar-refractivity contribution in [1.82, 2.24) is 4.90 Å². The Morgan fingerprint density at radius 2 is 1.80 bits per heavy atom. The molecule has 2 heterocycles. The lowest BCUT2D eigenvalue weighted by molar-refractivity contribution is 0.0191. The molecule has 20 heavy (non-hydrogen) atoms. The summed E-state index contributed by atoms with van der Waals surface area (Å²) in [6.45, 7) is 3.41. The molecule has 1 aromatic carbocycles. The zero-order valence-corrected chi connectivity index (χ0v) is 12.3. The van der Waals surface area contributed by atoms with Crippen LogP contribution < -0.4 is 5.73 Å². The Morgan fingerprint density at radius 1 is 1.15 bits per heavy atom. The Labute approximate surface area is 125 Å². The first-order valence-electron chi connectivity index (χ1n) is 6.91. The highest BCUT2D eigenvalue weighted by Crippen LogP contribution is 2.40. The van der Waals surface area contributed by atoms with Crippen LogP contribution in [0.2, 0.25) is 0 Å². The van der Waals surface area contributed by atoms with Gasteiger partial charge in [0.2, 0.25) is 0 Å². The second kappa shape index (κ2) is 6.02. The maximum Gasteiger partial charge on any atom is 0.253 e. The van der Waals surface area contributed by atoms with E-state index in [1.165, 1.54) is 0 Å². The molecule has 5 heteroatoms. The Morgan fingerprint density at radius 3 is 2.45 bits per heavy atom. The van der Waals surface area contributed by atoms with Crippen LogP contribution >= 0.6 is 12.4 Å². The number of hydrogen-bond acceptors (Lipinski definition) is 3. The third-order valence-electron chi connectivity index (χ3n) is 4.44. The van der Waals surface area contributed by atoms with Crippen molar-refractivity contribution < 1.29 is 9.53 Å². The average Bonchev–Trinajstić information content (AvgIpc) is 2.83. The predicted molar refractivity (Wildman–Crippen MR) is 81.1 cm³/mol. The molecule has 0 aliphatic carbocycles. The molecule has 2 aliphatic rings. The van der Waals surface area contributed by atoms with Crippen LogP contribution in [0.1, 0.15) is 29.6 Å². The molecular formula is C15H21ClN2O2. The van der Waals surface area contributed by atoms with Gasteiger partial charge in [-0.1, -0.05) is 0 Å². The van der Waals surface area contributed by atoms with Crippen molar-refractivity contribution >= 4 is 24.0 Å². The van der Waals surface area contributed by atoms with Gasteiger partial charge in [-0.25, -0.2) is 0 Å². The Kier molecular flexibility index (Phi) is 4.55. The fourth-order valence-corrected chi connectivity index (χ4v) is 3.13. The number of nitrogen functional groups attached to an aromatic ring is 1. The fourth-order valence-electron chi connectivity index (χ4n) is 3.13. The molecule has 0 aromatic heterocycles. The maximum absolute atomic E-state index is 12.4. The largest absolute Gasteiger partial charge is 0.399 e. The highest BCUT2D eigenvalue weighted by Gasteiger charge is 2.40. The van der Waals surface area contributed by atoms with Crippen molar-refractivity contribution in [2.75, 3.05) is 32.0 Å². The lowest BCUT2D eigenvalue weighted by Crippen LogP contribution is -2.35. The van der Waals surface area contributed by atoms with Gasteiger partial charge >= 0.3 is 0 Å². The summed E-state index contributed by atoms with van der Waals surface area (Å²) in [5.74, 6) is 0.128. The summed E-state index contributed by atoms with van der Waals surface area (Å²) in [5, 5.41) is 0. The van der Waals surface area contributed by atoms with Crippen LogP contribution in [-0.2, 0) is 4.74 Å². The highest BCUT2D eigenvalue weighted by atomic mass is 35.5. The van der Waals surface area contributed by atoms with E-state index < -0.39 is 0 Å². The topological polar surface area (TPSA) is 55.6 Å². The van der Waals surface area contributed by atoms with E-state index in [0.29, 0.717) is 11.1 Å². The molecule has 0 saturated carbocycles. The number of nitrogens with zero attached hydrogens (tertiary/aromatic N) is 1. The summed E-state index contributed by atoms with van der Waals surface area (Å²) >= 11 is 0. The predicted octanol–water partition coefficient (Wildman–Crippen LogP) is 2.33. The van der Waals surface area contributed by atoms with Crippen molar-refractivity contribution in [2.45, 2.75) is 19.3 Å². The van der Waals surface area contributed by atoms with Gasteiger partial charge in [-0.3, -0.25) is 4.79 Å². The molecule has 2 aliphatic heterocycles. The van der Waals surface area contributed by atoms with E-state index in [1.807, 2.05) is 17.0 Å². The molecule has 3 rings (SSSR count). The van der Waals surface area contributed by atoms with Gasteiger partial charge in [0, 0.05) is 37.6 Å². The fraction of sp³-hybridized carbons (Fsp3) is 0.533. The van der Waals surface area contributed by atoms with E-state index in [-0.39, 0.29) is 18.3 Å². The van der Waals surface area contributed by atoms with Crippen LogP contribution in [0.15, 0.2) is 24.3 Å². The number of benzene rings is 1. The van der Waals surface area contributed by atoms with Gasteiger partial charge in [-0.15, -0.1) is 12.4 Å². The van der Waals surface area contributed by atoms with Crippen molar-refractivity contribution in [3.63, 3.8) is 0 Å². The van der Waals surface area contributed by atoms with Gasteiger partial charge in [0.15, 0.2) is 0 Å². The Bertz CT molecular complexity index is 469. The third kappa shape index (κ3) is 2.91. The molecule has 0 radical (unpaired) electrons. The number of carbonyl (C=O) groups is 1. The quantitative estimate of drug-likeness (QED) is 0.809. The van der Waals surface area contributed by atoms with Crippen molar-refractivity contribution in [2.24, 2.45) is 5.41 Å². The van der Waals surface area contributed by atoms with Crippen molar-refractivity contribution in [3.05, 3.63) is 29.8 Å². The standard InChI is InChI=1S/C15H20N2O2.ClH/c16-13-3-1-12(2-4-13)14(18)17-8-5-15(11-17)6-9-19-10-7-15;/h1-4H,5-11,16H2;1H. The molecule has 0 unspecified atom stereocenters. The number of nitrogens with two attached hydrogens (primary N) is 1. The summed E-state index contributed by atoms with van der Waals surface area (Å²) in [7, 11) is 0. The number of amides is 1. The smallest absolute Gasteiger partial charge is 0.253 e. The van der Waals surface area contributed by atoms with E-state index in [1.54, 1.807) is 12.1 Å². The van der Waals surface area contributed by atoms with Crippen LogP contribution in [0.25, 0.3) is 0 Å². The lowest BCUT2D eigenvalue weighted by Gasteiger charge is -2.33. The van der Waals surface area contributed by atoms with Gasteiger partial charge in [0.05, 0.1) is 0 Å². The molecule has 4 nitrogen and oxygen atoms in total. The van der Waals surface area contributed by atoms with Crippen LogP contribution in [0.4, 0.5) is 5.69 Å². The second-order valence-corrected chi connectivity index (χ2v) is 5.71. The van der Waals surface area contributed by atoms with Crippen molar-refractivity contribution in [3.8, 4) is 0 Å². The van der Waals surface area contributed by atoms with Gasteiger partial charge in [-0.2, -0.15) is 0 Å². The van der Waals surface area contributed by atoms with Crippen molar-refractivity contribution in [1.29, 1.82) is 0 Å². The number of halogens is 1. The molecule has 2 fully saturated rings. The number of rotatable bonds is 1. The number of anilines is 1. The Balaban J connectivity index is 0.00000147. The number of ether oxygens (including phenoxy) is 1. The molecule has 2 saturated heterocycles. The molecule has 0 bridgehead atoms. The van der Waals surface area contributed by atoms with E-state index in [2.05, 4.69) is 0 Å². The summed E-state index contributed by atoms with van der Waals surface area (Å²) < 4.78 is 5.43. The van der Waals surface area contributed by atoms with Crippen LogP contribution in [0.5, 0.6) is 0 Å². The Hall–Kier alpha value is -1.26. The first kappa shape index (κ1) is 15.1. The zero-order chi connectivity index (χ0) is 13.3. The molecule has 1 spiro atoms. The van der Waals surface area contributed by atoms with E-state index in [0.717, 1.165) is 51.1 Å². The second-order valence-electron chi connectivity index (χ2n) is 5.71. The molecule has 1 aromatic rings. The summed E-state index contributed by atoms with van der Waals surface area (Å²) in [5.41, 5.74) is 7.39. The minimum atomic E-state index is 0. The molecular weight excluding hydrogens is 276 g/mol. The minimum absolute atomic E-state index is 0. The van der Waals surface area contributed by atoms with Gasteiger partial charge in [0.1, 0.15) is 0 Å². The monoisotopic (exact) mass is 296 g/mol. The van der Waals surface area contributed by atoms with E-state index >= 15 is 0 Å². The van der Waals surface area contributed by atoms with E-state index in [9.17, 15) is 4.79 Å². The molecule has 110 valence electrons. The van der Waals surface area contributed by atoms with Crippen LogP contribution in [0.3, 0.4) is 0 Å². The average molecular weight is 297 g/mol. The third-order valence-corrected chi connectivity index (χ3v) is 4.44. The van der Waals surface area contributed by atoms with Crippen LogP contribution in [-0.4, -0.2) is 37.1 Å². The SMILES string of the molecule is Cl.Nc1ccc(C(=O)N2CCC3(CCOCC3)C2)cc1. The summed E-state index contributed by atoms with van der Waals surface area (Å²) in [6.07, 6.45) is 3.27. The maximum atomic E-state index is 12.4. The number of likely N-dealkylation sites (tertiary alicyclic amines) is 1. The highest BCUT2D eigenvalue weighted by molar-refractivity contribution is 5.94. The van der Waals surface area contributed by atoms with E-state index in [4.69, 9.17) is 10.5 Å².